The minimum Gasteiger partial charge on any atom is -0.370 e. The molecular formula is C27H39N7. The number of hydrogen-bond donors (Lipinski definition) is 1. The van der Waals surface area contributed by atoms with E-state index in [2.05, 4.69) is 63.5 Å². The fourth-order valence-corrected chi connectivity index (χ4v) is 5.46. The van der Waals surface area contributed by atoms with E-state index in [4.69, 9.17) is 9.98 Å². The van der Waals surface area contributed by atoms with Gasteiger partial charge in [0.05, 0.1) is 11.9 Å². The van der Waals surface area contributed by atoms with Crippen LogP contribution in [0.4, 0.5) is 11.5 Å². The summed E-state index contributed by atoms with van der Waals surface area (Å²) < 4.78 is 2.40. The van der Waals surface area contributed by atoms with Gasteiger partial charge in [0.1, 0.15) is 23.5 Å². The summed E-state index contributed by atoms with van der Waals surface area (Å²) in [6.45, 7) is 11.5. The van der Waals surface area contributed by atoms with Crippen LogP contribution in [0.1, 0.15) is 65.2 Å². The van der Waals surface area contributed by atoms with Crippen LogP contribution in [0.25, 0.3) is 6.20 Å². The number of nitrogens with one attached hydrogen (secondary N) is 1. The van der Waals surface area contributed by atoms with Crippen molar-refractivity contribution < 1.29 is 0 Å². The van der Waals surface area contributed by atoms with Crippen molar-refractivity contribution in [1.29, 1.82) is 0 Å². The molecule has 7 nitrogen and oxygen atoms in total. The van der Waals surface area contributed by atoms with Crippen LogP contribution < -0.4 is 26.4 Å². The van der Waals surface area contributed by atoms with Crippen molar-refractivity contribution in [3.8, 4) is 0 Å². The van der Waals surface area contributed by atoms with Crippen LogP contribution in [0.3, 0.4) is 0 Å². The number of nitrogens with zero attached hydrogens (tertiary/aromatic N) is 6. The lowest BCUT2D eigenvalue weighted by atomic mass is 9.78. The Balaban J connectivity index is 1.62. The first kappa shape index (κ1) is 24.2. The molecule has 0 amide bonds. The van der Waals surface area contributed by atoms with Gasteiger partial charge in [-0.15, -0.1) is 0 Å². The molecule has 0 unspecified atom stereocenters. The molecule has 0 atom stereocenters. The third-order valence-corrected chi connectivity index (χ3v) is 7.04. The Kier molecular flexibility index (Phi) is 8.14. The molecule has 1 spiro atoms. The van der Waals surface area contributed by atoms with Crippen molar-refractivity contribution in [3.05, 3.63) is 46.7 Å². The van der Waals surface area contributed by atoms with Crippen molar-refractivity contribution >= 4 is 24.4 Å². The number of hydrogen-bond acceptors (Lipinski definition) is 6. The molecule has 1 fully saturated rings. The lowest BCUT2D eigenvalue weighted by Gasteiger charge is -2.41. The third-order valence-electron chi connectivity index (χ3n) is 7.04. The van der Waals surface area contributed by atoms with E-state index < -0.39 is 0 Å². The van der Waals surface area contributed by atoms with Gasteiger partial charge >= 0.3 is 0 Å². The summed E-state index contributed by atoms with van der Waals surface area (Å²) in [6.07, 6.45) is 13.3. The molecule has 1 saturated carbocycles. The van der Waals surface area contributed by atoms with E-state index in [0.29, 0.717) is 6.67 Å². The fourth-order valence-electron chi connectivity index (χ4n) is 5.46. The summed E-state index contributed by atoms with van der Waals surface area (Å²) in [7, 11) is 0. The third kappa shape index (κ3) is 5.24. The first-order chi connectivity index (χ1) is 16.7. The summed E-state index contributed by atoms with van der Waals surface area (Å²) in [5, 5.41) is 4.38. The Bertz CT molecular complexity index is 1130. The van der Waals surface area contributed by atoms with Crippen LogP contribution in [0.5, 0.6) is 0 Å². The molecule has 2 aliphatic rings. The highest BCUT2D eigenvalue weighted by molar-refractivity contribution is 5.49. The second-order valence-electron chi connectivity index (χ2n) is 9.42. The smallest absolute Gasteiger partial charge is 0.140 e. The molecule has 2 aromatic heterocycles. The van der Waals surface area contributed by atoms with E-state index in [0.717, 1.165) is 60.9 Å². The molecule has 1 N–H and O–H groups in total. The molecule has 1 aliphatic carbocycles. The second-order valence-corrected chi connectivity index (χ2v) is 9.42. The van der Waals surface area contributed by atoms with Crippen molar-refractivity contribution in [1.82, 2.24) is 9.55 Å². The highest BCUT2D eigenvalue weighted by Crippen LogP contribution is 2.36. The van der Waals surface area contributed by atoms with Crippen LogP contribution in [0.2, 0.25) is 0 Å². The SMILES string of the molecule is C=N/C=c1/ccc2n(c1=NCNc1ccc(N(CCC)CCC)cn1)C1(CCCCC1)CCN=2. The Labute approximate surface area is 203 Å². The van der Waals surface area contributed by atoms with Gasteiger partial charge < -0.3 is 14.8 Å². The van der Waals surface area contributed by atoms with Gasteiger partial charge in [0, 0.05) is 36.6 Å². The average Bonchev–Trinajstić information content (AvgIpc) is 2.86. The normalized spacial score (nSPS) is 17.8. The predicted octanol–water partition coefficient (Wildman–Crippen LogP) is 3.60. The van der Waals surface area contributed by atoms with E-state index in [1.165, 1.54) is 37.8 Å². The predicted molar refractivity (Wildman–Crippen MR) is 141 cm³/mol. The Morgan fingerprint density at radius 1 is 1.09 bits per heavy atom. The molecule has 182 valence electrons. The van der Waals surface area contributed by atoms with Crippen LogP contribution in [0, 0.1) is 0 Å². The molecule has 0 bridgehead atoms. The zero-order valence-corrected chi connectivity index (χ0v) is 20.8. The highest BCUT2D eigenvalue weighted by Gasteiger charge is 2.36. The molecule has 1 aliphatic heterocycles. The van der Waals surface area contributed by atoms with Gasteiger partial charge in [-0.05, 0) is 63.1 Å². The zero-order chi connectivity index (χ0) is 23.8. The number of aromatic nitrogens is 2. The average molecular weight is 462 g/mol. The van der Waals surface area contributed by atoms with Gasteiger partial charge in [0.2, 0.25) is 0 Å². The molecule has 0 radical (unpaired) electrons. The highest BCUT2D eigenvalue weighted by atomic mass is 15.2. The fraction of sp³-hybridized carbons (Fsp3) is 0.556. The van der Waals surface area contributed by atoms with E-state index in [1.807, 2.05) is 12.3 Å². The molecule has 3 heterocycles. The van der Waals surface area contributed by atoms with Gasteiger partial charge in [-0.1, -0.05) is 33.1 Å². The first-order valence-electron chi connectivity index (χ1n) is 12.9. The zero-order valence-electron chi connectivity index (χ0n) is 20.8. The molecule has 0 aromatic carbocycles. The monoisotopic (exact) mass is 461 g/mol. The van der Waals surface area contributed by atoms with E-state index in [9.17, 15) is 0 Å². The summed E-state index contributed by atoms with van der Waals surface area (Å²) >= 11 is 0. The standard InChI is InChI=1S/C27H39N7/c1-4-17-33(18-5-2)23-10-11-24(30-20-23)31-21-32-26-22(19-28-3)9-12-25-29-16-15-27(34(25)26)13-7-6-8-14-27/h9-12,19-20H,3-8,13-18,21H2,1-2H3,(H,30,31)/b22-19-,32-26?. The molecule has 2 aromatic rings. The van der Waals surface area contributed by atoms with E-state index >= 15 is 0 Å². The lowest BCUT2D eigenvalue weighted by Crippen LogP contribution is -2.56. The Morgan fingerprint density at radius 3 is 2.56 bits per heavy atom. The van der Waals surface area contributed by atoms with Crippen LogP contribution in [-0.2, 0) is 5.54 Å². The van der Waals surface area contributed by atoms with Crippen molar-refractivity contribution in [2.75, 3.05) is 36.5 Å². The largest absolute Gasteiger partial charge is 0.370 e. The van der Waals surface area contributed by atoms with Crippen molar-refractivity contribution in [3.63, 3.8) is 0 Å². The summed E-state index contributed by atoms with van der Waals surface area (Å²) in [5.74, 6) is 0.833. The van der Waals surface area contributed by atoms with Crippen molar-refractivity contribution in [2.45, 2.75) is 70.8 Å². The Hall–Kier alpha value is -2.96. The molecular weight excluding hydrogens is 422 g/mol. The summed E-state index contributed by atoms with van der Waals surface area (Å²) in [5.41, 5.74) is 3.26. The maximum absolute atomic E-state index is 5.02. The minimum atomic E-state index is 0.112. The van der Waals surface area contributed by atoms with E-state index in [1.54, 1.807) is 6.20 Å². The molecule has 34 heavy (non-hydrogen) atoms. The number of rotatable bonds is 9. The van der Waals surface area contributed by atoms with E-state index in [-0.39, 0.29) is 5.54 Å². The van der Waals surface area contributed by atoms with Gasteiger partial charge in [-0.25, -0.2) is 9.98 Å². The van der Waals surface area contributed by atoms with Gasteiger partial charge in [-0.2, -0.15) is 0 Å². The lowest BCUT2D eigenvalue weighted by molar-refractivity contribution is 0.156. The van der Waals surface area contributed by atoms with Crippen LogP contribution in [-0.4, -0.2) is 42.6 Å². The van der Waals surface area contributed by atoms with Crippen LogP contribution in [0.15, 0.2) is 45.4 Å². The topological polar surface area (TPSA) is 70.2 Å². The number of pyridine rings is 2. The maximum atomic E-state index is 5.02. The summed E-state index contributed by atoms with van der Waals surface area (Å²) in [4.78, 5) is 21.0. The maximum Gasteiger partial charge on any atom is 0.140 e. The molecule has 0 saturated heterocycles. The first-order valence-corrected chi connectivity index (χ1v) is 12.9. The molecule has 7 heteroatoms. The number of fused-ring (bicyclic) bond motifs is 2. The minimum absolute atomic E-state index is 0.112. The van der Waals surface area contributed by atoms with Crippen LogP contribution >= 0.6 is 0 Å². The van der Waals surface area contributed by atoms with Gasteiger partial charge in [0.15, 0.2) is 0 Å². The molecule has 4 rings (SSSR count). The van der Waals surface area contributed by atoms with Gasteiger partial charge in [-0.3, -0.25) is 9.98 Å². The number of aliphatic imine (C=N–C) groups is 1. The van der Waals surface area contributed by atoms with Crippen molar-refractivity contribution in [2.24, 2.45) is 15.0 Å². The van der Waals surface area contributed by atoms with Gasteiger partial charge in [0.25, 0.3) is 0 Å². The number of anilines is 2. The second kappa shape index (κ2) is 11.4. The summed E-state index contributed by atoms with van der Waals surface area (Å²) in [6, 6.07) is 8.37. The Morgan fingerprint density at radius 2 is 1.88 bits per heavy atom. The quantitative estimate of drug-likeness (QED) is 0.580.